The molecule has 0 saturated heterocycles. The van der Waals surface area contributed by atoms with Gasteiger partial charge in [-0.25, -0.2) is 0 Å². The van der Waals surface area contributed by atoms with Crippen LogP contribution in [0.15, 0.2) is 84.9 Å². The number of fused-ring (bicyclic) bond motifs is 1. The molecule has 0 aromatic heterocycles. The van der Waals surface area contributed by atoms with Gasteiger partial charge in [0.1, 0.15) is 23.9 Å². The summed E-state index contributed by atoms with van der Waals surface area (Å²) in [6, 6.07) is 28.8. The van der Waals surface area contributed by atoms with Crippen molar-refractivity contribution < 1.29 is 24.1 Å². The molecular weight excluding hydrogens is 546 g/mol. The lowest BCUT2D eigenvalue weighted by Crippen LogP contribution is -2.17. The molecule has 1 atom stereocenters. The highest BCUT2D eigenvalue weighted by molar-refractivity contribution is 7.99. The quantitative estimate of drug-likeness (QED) is 0.126. The third-order valence-electron chi connectivity index (χ3n) is 7.45. The second-order valence-corrected chi connectivity index (χ2v) is 11.4. The molecule has 4 aromatic carbocycles. The molecule has 6 nitrogen and oxygen atoms in total. The molecule has 1 aliphatic rings. The zero-order valence-corrected chi connectivity index (χ0v) is 25.2. The van der Waals surface area contributed by atoms with Gasteiger partial charge in [0, 0.05) is 36.0 Å². The number of anilines is 1. The number of para-hydroxylation sites is 1. The Morgan fingerprint density at radius 2 is 1.74 bits per heavy atom. The predicted octanol–water partition coefficient (Wildman–Crippen LogP) is 8.05. The maximum Gasteiger partial charge on any atom is 0.304 e. The van der Waals surface area contributed by atoms with Crippen LogP contribution >= 0.6 is 11.9 Å². The largest absolute Gasteiger partial charge is 0.494 e. The van der Waals surface area contributed by atoms with Gasteiger partial charge < -0.3 is 23.6 Å². The van der Waals surface area contributed by atoms with Gasteiger partial charge in [-0.2, -0.15) is 0 Å². The van der Waals surface area contributed by atoms with E-state index in [1.807, 2.05) is 24.3 Å². The minimum absolute atomic E-state index is 0.0671. The average Bonchev–Trinajstić information content (AvgIpc) is 3.37. The highest BCUT2D eigenvalue weighted by Crippen LogP contribution is 2.38. The third kappa shape index (κ3) is 7.21. The van der Waals surface area contributed by atoms with E-state index in [-0.39, 0.29) is 12.3 Å². The number of benzene rings is 4. The molecule has 1 heterocycles. The van der Waals surface area contributed by atoms with E-state index in [0.29, 0.717) is 31.3 Å². The van der Waals surface area contributed by atoms with Crippen LogP contribution in [0, 0.1) is 13.8 Å². The first-order valence-corrected chi connectivity index (χ1v) is 15.4. The monoisotopic (exact) mass is 583 g/mol. The van der Waals surface area contributed by atoms with Gasteiger partial charge in [0.2, 0.25) is 0 Å². The topological polar surface area (TPSA) is 68.2 Å². The van der Waals surface area contributed by atoms with Gasteiger partial charge in [0.25, 0.3) is 0 Å². The molecule has 0 amide bonds. The van der Waals surface area contributed by atoms with Crippen LogP contribution in [0.2, 0.25) is 0 Å². The molecule has 218 valence electrons. The van der Waals surface area contributed by atoms with Gasteiger partial charge >= 0.3 is 5.97 Å². The lowest BCUT2D eigenvalue weighted by atomic mass is 9.94. The number of hydrogen-bond donors (Lipinski definition) is 1. The molecule has 0 spiro atoms. The summed E-state index contributed by atoms with van der Waals surface area (Å²) in [6.45, 7) is 6.64. The second-order valence-electron chi connectivity index (χ2n) is 10.5. The Labute approximate surface area is 252 Å². The Morgan fingerprint density at radius 1 is 0.952 bits per heavy atom. The highest BCUT2D eigenvalue weighted by Gasteiger charge is 2.26. The van der Waals surface area contributed by atoms with Crippen molar-refractivity contribution in [3.8, 4) is 28.4 Å². The van der Waals surface area contributed by atoms with Crippen LogP contribution in [0.5, 0.6) is 17.2 Å². The molecule has 0 bridgehead atoms. The minimum Gasteiger partial charge on any atom is -0.494 e. The number of aryl methyl sites for hydroxylation is 2. The number of carboxylic acid groups (broad SMARTS) is 1. The van der Waals surface area contributed by atoms with Crippen LogP contribution in [0.25, 0.3) is 11.1 Å². The number of aliphatic carboxylic acids is 1. The molecule has 0 saturated carbocycles. The van der Waals surface area contributed by atoms with E-state index in [0.717, 1.165) is 35.4 Å². The Hall–Kier alpha value is -4.10. The maximum absolute atomic E-state index is 11.1. The molecule has 7 heteroatoms. The summed E-state index contributed by atoms with van der Waals surface area (Å²) in [4.78, 5) is 11.1. The number of hydrogen-bond acceptors (Lipinski definition) is 6. The van der Waals surface area contributed by atoms with Gasteiger partial charge in [0.05, 0.1) is 19.6 Å². The van der Waals surface area contributed by atoms with Gasteiger partial charge in [-0.1, -0.05) is 54.4 Å². The second kappa shape index (κ2) is 13.7. The predicted molar refractivity (Wildman–Crippen MR) is 170 cm³/mol. The van der Waals surface area contributed by atoms with Crippen LogP contribution in [-0.2, 0) is 11.4 Å². The van der Waals surface area contributed by atoms with E-state index in [4.69, 9.17) is 19.3 Å². The van der Waals surface area contributed by atoms with Crippen molar-refractivity contribution in [2.45, 2.75) is 39.2 Å². The molecule has 4 aromatic rings. The van der Waals surface area contributed by atoms with Gasteiger partial charge in [-0.05, 0) is 84.5 Å². The fourth-order valence-electron chi connectivity index (χ4n) is 5.49. The number of carboxylic acids is 1. The molecule has 0 radical (unpaired) electrons. The summed E-state index contributed by atoms with van der Waals surface area (Å²) in [5.41, 5.74) is 7.89. The van der Waals surface area contributed by atoms with Crippen molar-refractivity contribution in [3.05, 3.63) is 107 Å². The fourth-order valence-corrected chi connectivity index (χ4v) is 6.13. The summed E-state index contributed by atoms with van der Waals surface area (Å²) >= 11 is 1.73. The number of ether oxygens (including phenoxy) is 3. The zero-order valence-electron chi connectivity index (χ0n) is 24.3. The van der Waals surface area contributed by atoms with E-state index in [1.54, 1.807) is 11.9 Å². The van der Waals surface area contributed by atoms with E-state index in [1.165, 1.54) is 22.4 Å². The van der Waals surface area contributed by atoms with Crippen LogP contribution in [0.1, 0.15) is 41.0 Å². The van der Waals surface area contributed by atoms with Gasteiger partial charge in [-0.15, -0.1) is 0 Å². The smallest absolute Gasteiger partial charge is 0.304 e. The summed E-state index contributed by atoms with van der Waals surface area (Å²) in [6.07, 6.45) is 3.09. The summed E-state index contributed by atoms with van der Waals surface area (Å²) in [5, 5.41) is 9.13. The SMILES string of the molecule is CSN(CCCOc1cc(C)c(-c2cccc(COc3ccc4c(c3)OCC4CC(=O)O)c2)c(C)c1)c1ccccc1. The van der Waals surface area contributed by atoms with Gasteiger partial charge in [0.15, 0.2) is 0 Å². The van der Waals surface area contributed by atoms with Crippen molar-refractivity contribution in [3.63, 3.8) is 0 Å². The first-order valence-electron chi connectivity index (χ1n) is 14.2. The van der Waals surface area contributed by atoms with Crippen molar-refractivity contribution in [2.75, 3.05) is 30.3 Å². The number of rotatable bonds is 13. The Balaban J connectivity index is 1.18. The average molecular weight is 584 g/mol. The zero-order chi connectivity index (χ0) is 29.5. The van der Waals surface area contributed by atoms with Crippen molar-refractivity contribution >= 4 is 23.6 Å². The molecule has 1 unspecified atom stereocenters. The van der Waals surface area contributed by atoms with Crippen molar-refractivity contribution in [2.24, 2.45) is 0 Å². The van der Waals surface area contributed by atoms with Crippen LogP contribution < -0.4 is 18.5 Å². The summed E-state index contributed by atoms with van der Waals surface area (Å²) in [5.74, 6) is 1.37. The van der Waals surface area contributed by atoms with E-state index < -0.39 is 5.97 Å². The lowest BCUT2D eigenvalue weighted by molar-refractivity contribution is -0.137. The highest BCUT2D eigenvalue weighted by atomic mass is 32.2. The maximum atomic E-state index is 11.1. The minimum atomic E-state index is -0.818. The van der Waals surface area contributed by atoms with Gasteiger partial charge in [-0.3, -0.25) is 4.79 Å². The summed E-state index contributed by atoms with van der Waals surface area (Å²) in [7, 11) is 0. The molecule has 1 aliphatic heterocycles. The first kappa shape index (κ1) is 29.4. The molecule has 0 fully saturated rings. The Bertz CT molecular complexity index is 1500. The van der Waals surface area contributed by atoms with Crippen LogP contribution in [0.3, 0.4) is 0 Å². The van der Waals surface area contributed by atoms with Crippen LogP contribution in [0.4, 0.5) is 5.69 Å². The first-order chi connectivity index (χ1) is 20.4. The molecule has 0 aliphatic carbocycles. The molecule has 42 heavy (non-hydrogen) atoms. The molecular formula is C35H37NO5S. The third-order valence-corrected chi connectivity index (χ3v) is 8.29. The molecule has 1 N–H and O–H groups in total. The van der Waals surface area contributed by atoms with Crippen LogP contribution in [-0.4, -0.2) is 37.1 Å². The normalized spacial score (nSPS) is 13.7. The number of nitrogens with zero attached hydrogens (tertiary/aromatic N) is 1. The Morgan fingerprint density at radius 3 is 2.48 bits per heavy atom. The molecule has 5 rings (SSSR count). The number of carbonyl (C=O) groups is 1. The van der Waals surface area contributed by atoms with Crippen molar-refractivity contribution in [1.29, 1.82) is 0 Å². The summed E-state index contributed by atoms with van der Waals surface area (Å²) < 4.78 is 20.3. The van der Waals surface area contributed by atoms with E-state index in [2.05, 4.69) is 85.1 Å². The van der Waals surface area contributed by atoms with E-state index in [9.17, 15) is 4.79 Å². The Kier molecular flexibility index (Phi) is 9.59. The van der Waals surface area contributed by atoms with Crippen molar-refractivity contribution in [1.82, 2.24) is 0 Å². The fraction of sp³-hybridized carbons (Fsp3) is 0.286. The standard InChI is InChI=1S/C35H37NO5S/c1-24-17-31(39-16-8-15-36(42-3)29-11-5-4-6-12-29)18-25(2)35(24)27-10-7-9-26(19-27)22-40-30-13-14-32-28(20-34(37)38)23-41-33(32)21-30/h4-7,9-14,17-19,21,28H,8,15-16,20,22-23H2,1-3H3,(H,37,38). The van der Waals surface area contributed by atoms with E-state index >= 15 is 0 Å². The lowest BCUT2D eigenvalue weighted by Gasteiger charge is -2.21.